The molecule has 0 aromatic heterocycles. The fourth-order valence-electron chi connectivity index (χ4n) is 2.78. The van der Waals surface area contributed by atoms with E-state index in [1.165, 1.54) is 0 Å². The highest BCUT2D eigenvalue weighted by Gasteiger charge is 2.17. The molecule has 3 rings (SSSR count). The van der Waals surface area contributed by atoms with Gasteiger partial charge in [0.1, 0.15) is 12.4 Å². The number of rotatable bonds is 6. The Kier molecular flexibility index (Phi) is 6.36. The third kappa shape index (κ3) is 5.51. The third-order valence-corrected chi connectivity index (χ3v) is 5.28. The maximum Gasteiger partial charge on any atom is 0.225 e. The van der Waals surface area contributed by atoms with Gasteiger partial charge in [0.15, 0.2) is 0 Å². The molecule has 0 bridgehead atoms. The molecule has 1 fully saturated rings. The van der Waals surface area contributed by atoms with Gasteiger partial charge < -0.3 is 15.4 Å². The van der Waals surface area contributed by atoms with Crippen molar-refractivity contribution in [2.75, 3.05) is 23.4 Å². The molecule has 1 saturated heterocycles. The molecule has 4 nitrogen and oxygen atoms in total. The molecule has 0 spiro atoms. The molecule has 0 saturated carbocycles. The molecule has 5 heteroatoms. The first-order chi connectivity index (χ1) is 12.2. The monoisotopic (exact) mass is 356 g/mol. The van der Waals surface area contributed by atoms with Gasteiger partial charge in [-0.25, -0.2) is 0 Å². The van der Waals surface area contributed by atoms with Crippen LogP contribution >= 0.6 is 11.8 Å². The Balaban J connectivity index is 1.53. The van der Waals surface area contributed by atoms with Crippen molar-refractivity contribution in [1.29, 1.82) is 0 Å². The first-order valence-electron chi connectivity index (χ1n) is 8.59. The number of thioether (sulfide) groups is 1. The Morgan fingerprint density at radius 1 is 1.28 bits per heavy atom. The molecule has 1 heterocycles. The van der Waals surface area contributed by atoms with Crippen molar-refractivity contribution < 1.29 is 9.53 Å². The van der Waals surface area contributed by atoms with E-state index in [0.29, 0.717) is 13.0 Å². The minimum absolute atomic E-state index is 0.0565. The van der Waals surface area contributed by atoms with E-state index >= 15 is 0 Å². The molecule has 2 aromatic rings. The van der Waals surface area contributed by atoms with E-state index in [2.05, 4.69) is 10.6 Å². The Morgan fingerprint density at radius 2 is 2.12 bits per heavy atom. The van der Waals surface area contributed by atoms with Crippen molar-refractivity contribution in [2.24, 2.45) is 0 Å². The quantitative estimate of drug-likeness (QED) is 0.830. The van der Waals surface area contributed by atoms with E-state index < -0.39 is 0 Å². The van der Waals surface area contributed by atoms with E-state index in [1.807, 2.05) is 67.2 Å². The highest BCUT2D eigenvalue weighted by molar-refractivity contribution is 7.99. The topological polar surface area (TPSA) is 50.4 Å². The Morgan fingerprint density at radius 3 is 2.84 bits per heavy atom. The van der Waals surface area contributed by atoms with Crippen LogP contribution in [0, 0.1) is 6.92 Å². The largest absolute Gasteiger partial charge is 0.489 e. The Hall–Kier alpha value is -1.98. The van der Waals surface area contributed by atoms with Crippen LogP contribution in [0.4, 0.5) is 5.69 Å². The van der Waals surface area contributed by atoms with Crippen LogP contribution in [0.25, 0.3) is 0 Å². The van der Waals surface area contributed by atoms with E-state index in [1.54, 1.807) is 0 Å². The van der Waals surface area contributed by atoms with Gasteiger partial charge in [-0.1, -0.05) is 30.3 Å². The fraction of sp³-hybridized carbons (Fsp3) is 0.350. The second-order valence-corrected chi connectivity index (χ2v) is 7.38. The normalized spacial score (nSPS) is 17.1. The van der Waals surface area contributed by atoms with Crippen molar-refractivity contribution in [3.8, 4) is 5.75 Å². The van der Waals surface area contributed by atoms with Crippen LogP contribution in [0.5, 0.6) is 5.75 Å². The minimum Gasteiger partial charge on any atom is -0.489 e. The van der Waals surface area contributed by atoms with Crippen molar-refractivity contribution in [3.63, 3.8) is 0 Å². The maximum absolute atomic E-state index is 12.2. The Labute approximate surface area is 153 Å². The smallest absolute Gasteiger partial charge is 0.225 e. The van der Waals surface area contributed by atoms with Crippen LogP contribution in [0.2, 0.25) is 0 Å². The van der Waals surface area contributed by atoms with Gasteiger partial charge >= 0.3 is 0 Å². The SMILES string of the molecule is Cc1cc(OCc2ccccc2)ccc1NC(=O)CC1CSCCN1. The minimum atomic E-state index is 0.0565. The number of ether oxygens (including phenoxy) is 1. The lowest BCUT2D eigenvalue weighted by molar-refractivity contribution is -0.116. The molecule has 25 heavy (non-hydrogen) atoms. The van der Waals surface area contributed by atoms with E-state index in [4.69, 9.17) is 4.74 Å². The van der Waals surface area contributed by atoms with Gasteiger partial charge in [-0.2, -0.15) is 11.8 Å². The fourth-order valence-corrected chi connectivity index (χ4v) is 3.73. The lowest BCUT2D eigenvalue weighted by atomic mass is 10.1. The van der Waals surface area contributed by atoms with Crippen LogP contribution in [0.3, 0.4) is 0 Å². The van der Waals surface area contributed by atoms with Gasteiger partial charge in [0.05, 0.1) is 0 Å². The predicted molar refractivity (Wildman–Crippen MR) is 104 cm³/mol. The lowest BCUT2D eigenvalue weighted by Gasteiger charge is -2.22. The molecule has 1 aliphatic heterocycles. The van der Waals surface area contributed by atoms with Crippen molar-refractivity contribution in [2.45, 2.75) is 26.0 Å². The molecule has 2 N–H and O–H groups in total. The summed E-state index contributed by atoms with van der Waals surface area (Å²) in [6.07, 6.45) is 0.513. The standard InChI is InChI=1S/C20H24N2O2S/c1-15-11-18(24-13-16-5-3-2-4-6-16)7-8-19(15)22-20(23)12-17-14-25-10-9-21-17/h2-8,11,17,21H,9-10,12-14H2,1H3,(H,22,23). The van der Waals surface area contributed by atoms with Gasteiger partial charge in [-0.3, -0.25) is 4.79 Å². The number of nitrogens with one attached hydrogen (secondary N) is 2. The van der Waals surface area contributed by atoms with Gasteiger partial charge in [0, 0.05) is 36.2 Å². The lowest BCUT2D eigenvalue weighted by Crippen LogP contribution is -2.39. The van der Waals surface area contributed by atoms with Gasteiger partial charge in [-0.15, -0.1) is 0 Å². The summed E-state index contributed by atoms with van der Waals surface area (Å²) in [5, 5.41) is 6.40. The number of amides is 1. The second kappa shape index (κ2) is 8.92. The summed E-state index contributed by atoms with van der Waals surface area (Å²) in [4.78, 5) is 12.2. The summed E-state index contributed by atoms with van der Waals surface area (Å²) in [6, 6.07) is 16.1. The summed E-state index contributed by atoms with van der Waals surface area (Å²) in [7, 11) is 0. The number of anilines is 1. The highest BCUT2D eigenvalue weighted by Crippen LogP contribution is 2.22. The number of aryl methyl sites for hydroxylation is 1. The van der Waals surface area contributed by atoms with Crippen LogP contribution < -0.4 is 15.4 Å². The second-order valence-electron chi connectivity index (χ2n) is 6.23. The van der Waals surface area contributed by atoms with Gasteiger partial charge in [0.25, 0.3) is 0 Å². The van der Waals surface area contributed by atoms with E-state index in [-0.39, 0.29) is 11.9 Å². The third-order valence-electron chi connectivity index (χ3n) is 4.15. The first kappa shape index (κ1) is 17.8. The average Bonchev–Trinajstić information content (AvgIpc) is 2.64. The van der Waals surface area contributed by atoms with Crippen LogP contribution in [-0.2, 0) is 11.4 Å². The zero-order valence-corrected chi connectivity index (χ0v) is 15.3. The average molecular weight is 356 g/mol. The number of hydrogen-bond donors (Lipinski definition) is 2. The summed E-state index contributed by atoms with van der Waals surface area (Å²) in [6.45, 7) is 3.51. The molecule has 0 radical (unpaired) electrons. The van der Waals surface area contributed by atoms with Crippen molar-refractivity contribution in [1.82, 2.24) is 5.32 Å². The predicted octanol–water partition coefficient (Wildman–Crippen LogP) is 3.61. The van der Waals surface area contributed by atoms with Crippen LogP contribution in [0.1, 0.15) is 17.5 Å². The summed E-state index contributed by atoms with van der Waals surface area (Å²) >= 11 is 1.90. The molecule has 1 unspecified atom stereocenters. The molecule has 2 aromatic carbocycles. The molecule has 0 aliphatic carbocycles. The summed E-state index contributed by atoms with van der Waals surface area (Å²) in [5.74, 6) is 2.99. The van der Waals surface area contributed by atoms with E-state index in [0.717, 1.165) is 40.6 Å². The summed E-state index contributed by atoms with van der Waals surface area (Å²) in [5.41, 5.74) is 2.99. The van der Waals surface area contributed by atoms with Crippen LogP contribution in [0.15, 0.2) is 48.5 Å². The van der Waals surface area contributed by atoms with Crippen LogP contribution in [-0.4, -0.2) is 30.0 Å². The molecular formula is C20H24N2O2S. The van der Waals surface area contributed by atoms with Crippen molar-refractivity contribution >= 4 is 23.4 Å². The highest BCUT2D eigenvalue weighted by atomic mass is 32.2. The number of carbonyl (C=O) groups excluding carboxylic acids is 1. The molecule has 1 atom stereocenters. The number of hydrogen-bond acceptors (Lipinski definition) is 4. The van der Waals surface area contributed by atoms with Crippen molar-refractivity contribution in [3.05, 3.63) is 59.7 Å². The number of benzene rings is 2. The molecular weight excluding hydrogens is 332 g/mol. The zero-order chi connectivity index (χ0) is 17.5. The van der Waals surface area contributed by atoms with E-state index in [9.17, 15) is 4.79 Å². The van der Waals surface area contributed by atoms with Gasteiger partial charge in [-0.05, 0) is 36.2 Å². The summed E-state index contributed by atoms with van der Waals surface area (Å²) < 4.78 is 5.83. The Bertz CT molecular complexity index is 700. The van der Waals surface area contributed by atoms with Gasteiger partial charge in [0.2, 0.25) is 5.91 Å². The molecule has 1 amide bonds. The maximum atomic E-state index is 12.2. The molecule has 132 valence electrons. The molecule has 1 aliphatic rings. The first-order valence-corrected chi connectivity index (χ1v) is 9.74. The zero-order valence-electron chi connectivity index (χ0n) is 14.5. The number of carbonyl (C=O) groups is 1.